The summed E-state index contributed by atoms with van der Waals surface area (Å²) in [5.74, 6) is 0.429. The van der Waals surface area contributed by atoms with Gasteiger partial charge in [-0.15, -0.1) is 0 Å². The molecule has 6 nitrogen and oxygen atoms in total. The highest BCUT2D eigenvalue weighted by Gasteiger charge is 2.32. The second-order valence-corrected chi connectivity index (χ2v) is 8.09. The summed E-state index contributed by atoms with van der Waals surface area (Å²) < 4.78 is 24.8. The minimum absolute atomic E-state index is 0.0305. The van der Waals surface area contributed by atoms with Crippen molar-refractivity contribution in [2.75, 3.05) is 11.5 Å². The Balaban J connectivity index is 1.68. The van der Waals surface area contributed by atoms with Crippen LogP contribution in [-0.4, -0.2) is 35.4 Å². The molecule has 1 amide bonds. The van der Waals surface area contributed by atoms with E-state index in [0.717, 1.165) is 22.4 Å². The smallest absolute Gasteiger partial charge is 0.224 e. The molecule has 1 aromatic carbocycles. The predicted octanol–water partition coefficient (Wildman–Crippen LogP) is 0.933. The molecule has 22 heavy (non-hydrogen) atoms. The first-order chi connectivity index (χ1) is 10.4. The monoisotopic (exact) mass is 321 g/mol. The molecule has 3 rings (SSSR count). The molecule has 0 aliphatic carbocycles. The van der Waals surface area contributed by atoms with Crippen molar-refractivity contribution in [3.63, 3.8) is 0 Å². The molecule has 7 heteroatoms. The van der Waals surface area contributed by atoms with Crippen LogP contribution in [0.25, 0.3) is 11.0 Å². The van der Waals surface area contributed by atoms with Gasteiger partial charge in [-0.05, 0) is 31.0 Å². The van der Waals surface area contributed by atoms with Crippen LogP contribution < -0.4 is 5.32 Å². The van der Waals surface area contributed by atoms with Crippen molar-refractivity contribution in [1.29, 1.82) is 0 Å². The van der Waals surface area contributed by atoms with Gasteiger partial charge in [-0.3, -0.25) is 4.79 Å². The molecule has 1 N–H and O–H groups in total. The third-order valence-electron chi connectivity index (χ3n) is 4.24. The van der Waals surface area contributed by atoms with Crippen molar-refractivity contribution in [1.82, 2.24) is 14.9 Å². The van der Waals surface area contributed by atoms with E-state index in [1.54, 1.807) is 0 Å². The van der Waals surface area contributed by atoms with Crippen molar-refractivity contribution in [2.45, 2.75) is 19.9 Å². The summed E-state index contributed by atoms with van der Waals surface area (Å²) in [6.07, 6.45) is 0.423. The maximum Gasteiger partial charge on any atom is 0.224 e. The van der Waals surface area contributed by atoms with Crippen molar-refractivity contribution in [3.05, 3.63) is 29.6 Å². The molecule has 1 aromatic heterocycles. The number of fused-ring (bicyclic) bond motifs is 1. The van der Waals surface area contributed by atoms with Gasteiger partial charge in [0.25, 0.3) is 0 Å². The number of nitrogens with zero attached hydrogens (tertiary/aromatic N) is 2. The maximum absolute atomic E-state index is 12.0. The van der Waals surface area contributed by atoms with Gasteiger partial charge >= 0.3 is 0 Å². The van der Waals surface area contributed by atoms with E-state index in [1.165, 1.54) is 0 Å². The van der Waals surface area contributed by atoms with E-state index in [4.69, 9.17) is 0 Å². The van der Waals surface area contributed by atoms with E-state index >= 15 is 0 Å². The van der Waals surface area contributed by atoms with Crippen LogP contribution in [0.1, 0.15) is 17.8 Å². The number of sulfone groups is 1. The molecular weight excluding hydrogens is 302 g/mol. The summed E-state index contributed by atoms with van der Waals surface area (Å²) in [5, 5.41) is 2.83. The molecule has 2 heterocycles. The van der Waals surface area contributed by atoms with Crippen molar-refractivity contribution < 1.29 is 13.2 Å². The van der Waals surface area contributed by atoms with Gasteiger partial charge in [-0.25, -0.2) is 13.4 Å². The number of nitrogens with one attached hydrogen (secondary N) is 1. The van der Waals surface area contributed by atoms with Crippen LogP contribution in [0.15, 0.2) is 18.2 Å². The fraction of sp³-hybridized carbons (Fsp3) is 0.467. The Hall–Kier alpha value is -1.89. The van der Waals surface area contributed by atoms with Crippen molar-refractivity contribution in [3.8, 4) is 0 Å². The zero-order chi connectivity index (χ0) is 15.9. The molecule has 0 bridgehead atoms. The lowest BCUT2D eigenvalue weighted by Gasteiger charge is -2.09. The average Bonchev–Trinajstić information content (AvgIpc) is 2.97. The minimum Gasteiger partial charge on any atom is -0.352 e. The second kappa shape index (κ2) is 5.39. The highest BCUT2D eigenvalue weighted by atomic mass is 32.2. The van der Waals surface area contributed by atoms with E-state index in [-0.39, 0.29) is 17.4 Å². The van der Waals surface area contributed by atoms with E-state index in [0.29, 0.717) is 13.0 Å². The van der Waals surface area contributed by atoms with Crippen LogP contribution in [0.4, 0.5) is 0 Å². The maximum atomic E-state index is 12.0. The zero-order valence-electron chi connectivity index (χ0n) is 12.7. The first-order valence-electron chi connectivity index (χ1n) is 7.26. The topological polar surface area (TPSA) is 81.1 Å². The lowest BCUT2D eigenvalue weighted by Crippen LogP contribution is -2.30. The van der Waals surface area contributed by atoms with Gasteiger partial charge in [0, 0.05) is 13.6 Å². The number of aryl methyl sites for hydroxylation is 2. The lowest BCUT2D eigenvalue weighted by molar-refractivity contribution is -0.124. The third-order valence-corrected chi connectivity index (χ3v) is 6.01. The Morgan fingerprint density at radius 2 is 2.23 bits per heavy atom. The number of rotatable bonds is 3. The van der Waals surface area contributed by atoms with Crippen LogP contribution in [0, 0.1) is 12.8 Å². The molecule has 0 saturated carbocycles. The van der Waals surface area contributed by atoms with Crippen LogP contribution in [0.2, 0.25) is 0 Å². The third kappa shape index (κ3) is 2.85. The molecule has 1 fully saturated rings. The molecular formula is C15H19N3O3S. The van der Waals surface area contributed by atoms with Crippen LogP contribution in [0.5, 0.6) is 0 Å². The Labute approximate surface area is 129 Å². The molecule has 1 atom stereocenters. The first-order valence-corrected chi connectivity index (χ1v) is 9.08. The molecule has 1 saturated heterocycles. The normalized spacial score (nSPS) is 20.4. The predicted molar refractivity (Wildman–Crippen MR) is 84.1 cm³/mol. The van der Waals surface area contributed by atoms with Gasteiger partial charge in [0.15, 0.2) is 9.84 Å². The number of benzene rings is 1. The van der Waals surface area contributed by atoms with Crippen LogP contribution >= 0.6 is 0 Å². The number of aromatic nitrogens is 2. The summed E-state index contributed by atoms with van der Waals surface area (Å²) >= 11 is 0. The van der Waals surface area contributed by atoms with E-state index < -0.39 is 15.8 Å². The molecule has 0 radical (unpaired) electrons. The summed E-state index contributed by atoms with van der Waals surface area (Å²) in [7, 11) is -1.06. The fourth-order valence-corrected chi connectivity index (χ4v) is 4.55. The van der Waals surface area contributed by atoms with Crippen molar-refractivity contribution >= 4 is 26.8 Å². The zero-order valence-corrected chi connectivity index (χ0v) is 13.5. The molecule has 0 spiro atoms. The van der Waals surface area contributed by atoms with Gasteiger partial charge in [0.2, 0.25) is 5.91 Å². The number of carbonyl (C=O) groups excluding carboxylic acids is 1. The summed E-state index contributed by atoms with van der Waals surface area (Å²) in [5.41, 5.74) is 2.91. The summed E-state index contributed by atoms with van der Waals surface area (Å²) in [6, 6.07) is 5.89. The lowest BCUT2D eigenvalue weighted by atomic mass is 10.1. The van der Waals surface area contributed by atoms with Crippen LogP contribution in [-0.2, 0) is 28.2 Å². The number of imidazole rings is 1. The Bertz CT molecular complexity index is 839. The number of amides is 1. The number of hydrogen-bond donors (Lipinski definition) is 1. The number of carbonyl (C=O) groups is 1. The van der Waals surface area contributed by atoms with Gasteiger partial charge in [0.05, 0.1) is 28.5 Å². The number of hydrogen-bond acceptors (Lipinski definition) is 4. The molecule has 1 aliphatic heterocycles. The highest BCUT2D eigenvalue weighted by Crippen LogP contribution is 2.19. The van der Waals surface area contributed by atoms with E-state index in [1.807, 2.05) is 36.7 Å². The van der Waals surface area contributed by atoms with Gasteiger partial charge < -0.3 is 9.88 Å². The van der Waals surface area contributed by atoms with Gasteiger partial charge in [-0.1, -0.05) is 6.07 Å². The summed E-state index contributed by atoms with van der Waals surface area (Å²) in [6.45, 7) is 2.34. The van der Waals surface area contributed by atoms with Gasteiger partial charge in [-0.2, -0.15) is 0 Å². The Kier molecular flexibility index (Phi) is 3.68. The first kappa shape index (κ1) is 15.0. The van der Waals surface area contributed by atoms with Crippen LogP contribution in [0.3, 0.4) is 0 Å². The molecule has 1 aliphatic rings. The van der Waals surface area contributed by atoms with Crippen molar-refractivity contribution in [2.24, 2.45) is 13.0 Å². The molecule has 2 aromatic rings. The van der Waals surface area contributed by atoms with E-state index in [9.17, 15) is 13.2 Å². The van der Waals surface area contributed by atoms with E-state index in [2.05, 4.69) is 10.3 Å². The van der Waals surface area contributed by atoms with Gasteiger partial charge in [0.1, 0.15) is 5.82 Å². The fourth-order valence-electron chi connectivity index (χ4n) is 2.81. The second-order valence-electron chi connectivity index (χ2n) is 5.86. The SMILES string of the molecule is Cc1nc2cc(CNC(=O)[C@H]3CCS(=O)(=O)C3)ccc2n1C. The molecule has 118 valence electrons. The minimum atomic E-state index is -3.03. The Morgan fingerprint density at radius 3 is 2.91 bits per heavy atom. The largest absolute Gasteiger partial charge is 0.352 e. The quantitative estimate of drug-likeness (QED) is 0.912. The molecule has 0 unspecified atom stereocenters. The summed E-state index contributed by atoms with van der Waals surface area (Å²) in [4.78, 5) is 16.5. The standard InChI is InChI=1S/C15H19N3O3S/c1-10-17-13-7-11(3-4-14(13)18(10)2)8-16-15(19)12-5-6-22(20,21)9-12/h3-4,7,12H,5-6,8-9H2,1-2H3,(H,16,19)/t12-/m0/s1. The Morgan fingerprint density at radius 1 is 1.45 bits per heavy atom. The average molecular weight is 321 g/mol. The highest BCUT2D eigenvalue weighted by molar-refractivity contribution is 7.91.